The molecule has 7 nitrogen and oxygen atoms in total. The van der Waals surface area contributed by atoms with E-state index >= 15 is 0 Å². The SMILES string of the molecule is CCN(C(N)=O)c1nc2cc(-c3cnc([C](C)C)nc3)cc(-c3ccccn3)c2s1. The maximum absolute atomic E-state index is 11.8. The highest BCUT2D eigenvalue weighted by molar-refractivity contribution is 7.23. The summed E-state index contributed by atoms with van der Waals surface area (Å²) < 4.78 is 0.947. The molecule has 3 heterocycles. The molecule has 1 radical (unpaired) electrons. The molecule has 0 spiro atoms. The van der Waals surface area contributed by atoms with Gasteiger partial charge in [0.15, 0.2) is 5.13 Å². The molecule has 0 unspecified atom stereocenters. The van der Waals surface area contributed by atoms with Crippen molar-refractivity contribution in [2.24, 2.45) is 5.73 Å². The summed E-state index contributed by atoms with van der Waals surface area (Å²) >= 11 is 1.43. The van der Waals surface area contributed by atoms with E-state index in [0.717, 1.165) is 44.3 Å². The van der Waals surface area contributed by atoms with Crippen molar-refractivity contribution in [2.45, 2.75) is 20.8 Å². The molecular formula is C22H21N6OS. The molecule has 0 fully saturated rings. The van der Waals surface area contributed by atoms with Crippen LogP contribution >= 0.6 is 11.3 Å². The first kappa shape index (κ1) is 19.9. The third kappa shape index (κ3) is 3.73. The number of amides is 2. The molecule has 4 aromatic rings. The van der Waals surface area contributed by atoms with Crippen LogP contribution in [0.15, 0.2) is 48.9 Å². The molecule has 30 heavy (non-hydrogen) atoms. The summed E-state index contributed by atoms with van der Waals surface area (Å²) in [6, 6.07) is 9.31. The lowest BCUT2D eigenvalue weighted by Gasteiger charge is -2.13. The number of hydrogen-bond donors (Lipinski definition) is 1. The van der Waals surface area contributed by atoms with E-state index < -0.39 is 6.03 Å². The lowest BCUT2D eigenvalue weighted by molar-refractivity contribution is 0.254. The molecule has 2 amide bonds. The number of anilines is 1. The molecule has 0 aliphatic carbocycles. The predicted molar refractivity (Wildman–Crippen MR) is 120 cm³/mol. The Morgan fingerprint density at radius 1 is 1.10 bits per heavy atom. The Morgan fingerprint density at radius 3 is 2.47 bits per heavy atom. The summed E-state index contributed by atoms with van der Waals surface area (Å²) in [5.41, 5.74) is 9.89. The summed E-state index contributed by atoms with van der Waals surface area (Å²) in [4.78, 5) is 31.4. The van der Waals surface area contributed by atoms with Crippen LogP contribution in [-0.4, -0.2) is 32.5 Å². The summed E-state index contributed by atoms with van der Waals surface area (Å²) in [6.07, 6.45) is 5.39. The van der Waals surface area contributed by atoms with Gasteiger partial charge in [-0.2, -0.15) is 0 Å². The molecule has 3 aromatic heterocycles. The molecule has 4 rings (SSSR count). The third-order valence-electron chi connectivity index (χ3n) is 4.67. The molecular weight excluding hydrogens is 396 g/mol. The van der Waals surface area contributed by atoms with Gasteiger partial charge in [-0.25, -0.2) is 19.7 Å². The summed E-state index contributed by atoms with van der Waals surface area (Å²) in [7, 11) is 0. The number of aromatic nitrogens is 4. The third-order valence-corrected chi connectivity index (χ3v) is 5.79. The van der Waals surface area contributed by atoms with E-state index in [4.69, 9.17) is 10.7 Å². The van der Waals surface area contributed by atoms with Crippen molar-refractivity contribution in [3.8, 4) is 22.4 Å². The Bertz CT molecular complexity index is 1190. The first-order chi connectivity index (χ1) is 14.5. The zero-order valence-corrected chi connectivity index (χ0v) is 17.8. The van der Waals surface area contributed by atoms with Crippen molar-refractivity contribution in [3.63, 3.8) is 0 Å². The smallest absolute Gasteiger partial charge is 0.321 e. The molecule has 0 saturated carbocycles. The maximum Gasteiger partial charge on any atom is 0.321 e. The Labute approximate surface area is 178 Å². The zero-order chi connectivity index (χ0) is 21.3. The van der Waals surface area contributed by atoms with Gasteiger partial charge in [0.05, 0.1) is 15.9 Å². The van der Waals surface area contributed by atoms with E-state index in [1.807, 2.05) is 57.4 Å². The van der Waals surface area contributed by atoms with Crippen LogP contribution in [-0.2, 0) is 0 Å². The molecule has 151 valence electrons. The van der Waals surface area contributed by atoms with Crippen molar-refractivity contribution in [1.29, 1.82) is 0 Å². The number of carbonyl (C=O) groups excluding carboxylic acids is 1. The van der Waals surface area contributed by atoms with E-state index in [0.29, 0.717) is 11.7 Å². The van der Waals surface area contributed by atoms with E-state index in [9.17, 15) is 4.79 Å². The lowest BCUT2D eigenvalue weighted by atomic mass is 10.0. The number of primary amides is 1. The number of thiazole rings is 1. The molecule has 0 bridgehead atoms. The first-order valence-electron chi connectivity index (χ1n) is 9.53. The van der Waals surface area contributed by atoms with Gasteiger partial charge in [0.1, 0.15) is 5.82 Å². The van der Waals surface area contributed by atoms with Crippen LogP contribution in [0.3, 0.4) is 0 Å². The molecule has 0 atom stereocenters. The minimum absolute atomic E-state index is 0.448. The fourth-order valence-electron chi connectivity index (χ4n) is 3.14. The normalized spacial score (nSPS) is 11.2. The second-order valence-corrected chi connectivity index (χ2v) is 7.94. The highest BCUT2D eigenvalue weighted by Gasteiger charge is 2.19. The number of rotatable bonds is 5. The Balaban J connectivity index is 1.91. The van der Waals surface area contributed by atoms with Crippen LogP contribution in [0.5, 0.6) is 0 Å². The Hall–Kier alpha value is -3.39. The topological polar surface area (TPSA) is 97.9 Å². The van der Waals surface area contributed by atoms with Gasteiger partial charge < -0.3 is 5.73 Å². The average molecular weight is 418 g/mol. The standard InChI is InChI=1S/C22H21N6OS/c1-4-28(21(23)29)22-27-18-10-14(15-11-25-20(13(2)3)26-12-15)9-16(19(18)30-22)17-7-5-6-8-24-17/h5-12H,4H2,1-3H3,(H2,23,29). The Morgan fingerprint density at radius 2 is 1.87 bits per heavy atom. The van der Waals surface area contributed by atoms with Crippen LogP contribution in [0.2, 0.25) is 0 Å². The summed E-state index contributed by atoms with van der Waals surface area (Å²) in [6.45, 7) is 6.28. The molecule has 0 aliphatic rings. The number of fused-ring (bicyclic) bond motifs is 1. The van der Waals surface area contributed by atoms with E-state index in [2.05, 4.69) is 21.0 Å². The molecule has 2 N–H and O–H groups in total. The minimum Gasteiger partial charge on any atom is -0.351 e. The van der Waals surface area contributed by atoms with Gasteiger partial charge in [0.25, 0.3) is 0 Å². The van der Waals surface area contributed by atoms with Crippen LogP contribution in [0.4, 0.5) is 9.93 Å². The van der Waals surface area contributed by atoms with Crippen molar-refractivity contribution in [3.05, 3.63) is 60.7 Å². The van der Waals surface area contributed by atoms with Gasteiger partial charge in [-0.3, -0.25) is 9.88 Å². The number of pyridine rings is 1. The number of urea groups is 1. The minimum atomic E-state index is -0.522. The van der Waals surface area contributed by atoms with Crippen molar-refractivity contribution < 1.29 is 4.79 Å². The summed E-state index contributed by atoms with van der Waals surface area (Å²) in [5.74, 6) is 1.78. The molecule has 0 saturated heterocycles. The second kappa shape index (κ2) is 8.16. The van der Waals surface area contributed by atoms with Gasteiger partial charge in [-0.15, -0.1) is 0 Å². The summed E-state index contributed by atoms with van der Waals surface area (Å²) in [5, 5.41) is 0.567. The fraction of sp³-hybridized carbons (Fsp3) is 0.182. The van der Waals surface area contributed by atoms with Gasteiger partial charge in [0.2, 0.25) is 0 Å². The number of nitrogens with two attached hydrogens (primary N) is 1. The van der Waals surface area contributed by atoms with Gasteiger partial charge in [-0.05, 0) is 36.8 Å². The van der Waals surface area contributed by atoms with Crippen LogP contribution in [0.1, 0.15) is 26.6 Å². The molecule has 1 aromatic carbocycles. The molecule has 8 heteroatoms. The number of hydrogen-bond acceptors (Lipinski definition) is 6. The number of nitrogens with zero attached hydrogens (tertiary/aromatic N) is 5. The zero-order valence-electron chi connectivity index (χ0n) is 17.0. The highest BCUT2D eigenvalue weighted by Crippen LogP contribution is 2.39. The van der Waals surface area contributed by atoms with Gasteiger partial charge >= 0.3 is 6.03 Å². The largest absolute Gasteiger partial charge is 0.351 e. The number of benzene rings is 1. The quantitative estimate of drug-likeness (QED) is 0.508. The number of carbonyl (C=O) groups is 1. The highest BCUT2D eigenvalue weighted by atomic mass is 32.1. The van der Waals surface area contributed by atoms with E-state index in [1.54, 1.807) is 6.20 Å². The second-order valence-electron chi connectivity index (χ2n) is 6.96. The van der Waals surface area contributed by atoms with E-state index in [-0.39, 0.29) is 0 Å². The average Bonchev–Trinajstić information content (AvgIpc) is 3.17. The van der Waals surface area contributed by atoms with Crippen LogP contribution in [0, 0.1) is 5.92 Å². The fourth-order valence-corrected chi connectivity index (χ4v) is 4.27. The van der Waals surface area contributed by atoms with Crippen LogP contribution < -0.4 is 10.6 Å². The van der Waals surface area contributed by atoms with Gasteiger partial charge in [-0.1, -0.05) is 31.3 Å². The lowest BCUT2D eigenvalue weighted by Crippen LogP contribution is -2.35. The monoisotopic (exact) mass is 417 g/mol. The maximum atomic E-state index is 11.8. The molecule has 0 aliphatic heterocycles. The Kier molecular flexibility index (Phi) is 5.41. The van der Waals surface area contributed by atoms with Crippen molar-refractivity contribution >= 4 is 32.7 Å². The van der Waals surface area contributed by atoms with Crippen LogP contribution in [0.25, 0.3) is 32.6 Å². The first-order valence-corrected chi connectivity index (χ1v) is 10.4. The van der Waals surface area contributed by atoms with Crippen molar-refractivity contribution in [2.75, 3.05) is 11.4 Å². The van der Waals surface area contributed by atoms with Crippen molar-refractivity contribution in [1.82, 2.24) is 19.9 Å². The van der Waals surface area contributed by atoms with Gasteiger partial charge in [0, 0.05) is 42.2 Å². The van der Waals surface area contributed by atoms with E-state index in [1.165, 1.54) is 16.2 Å². The predicted octanol–water partition coefficient (Wildman–Crippen LogP) is 4.68.